The number of nitrogens with one attached hydrogen (secondary N) is 1. The summed E-state index contributed by atoms with van der Waals surface area (Å²) in [6.45, 7) is 0.820. The lowest BCUT2D eigenvalue weighted by atomic mass is 9.89. The van der Waals surface area contributed by atoms with Gasteiger partial charge in [0.05, 0.1) is 18.8 Å². The van der Waals surface area contributed by atoms with Gasteiger partial charge in [0.15, 0.2) is 0 Å². The third-order valence-corrected chi connectivity index (χ3v) is 5.51. The summed E-state index contributed by atoms with van der Waals surface area (Å²) >= 11 is 0. The molecule has 1 aromatic carbocycles. The minimum atomic E-state index is -0.663. The highest BCUT2D eigenvalue weighted by Gasteiger charge is 2.27. The molecule has 2 N–H and O–H groups in total. The van der Waals surface area contributed by atoms with Gasteiger partial charge in [-0.3, -0.25) is 4.79 Å². The number of rotatable bonds is 4. The Kier molecular flexibility index (Phi) is 5.50. The first-order valence-corrected chi connectivity index (χ1v) is 9.83. The van der Waals surface area contributed by atoms with Crippen molar-refractivity contribution in [3.63, 3.8) is 0 Å². The Morgan fingerprint density at radius 1 is 1.22 bits per heavy atom. The standard InChI is InChI=1S/C22H26N2O3/c25-21-14-27-11-10-19(21)24-22(26)20-13-16(12-15-6-2-1-3-7-15)17-8-4-5-9-18(17)23-20/h1-3,6-7,13,19,21,25H,4-5,8-12,14H2,(H,24,26)/t19-,21-/m0/s1. The fraction of sp³-hybridized carbons (Fsp3) is 0.455. The Hall–Kier alpha value is -2.24. The van der Waals surface area contributed by atoms with Gasteiger partial charge in [0.25, 0.3) is 5.91 Å². The van der Waals surface area contributed by atoms with E-state index in [1.54, 1.807) is 0 Å². The van der Waals surface area contributed by atoms with Crippen molar-refractivity contribution in [2.24, 2.45) is 0 Å². The van der Waals surface area contributed by atoms with Crippen LogP contribution in [0.4, 0.5) is 0 Å². The Morgan fingerprint density at radius 3 is 2.85 bits per heavy atom. The zero-order valence-corrected chi connectivity index (χ0v) is 15.5. The molecule has 1 fully saturated rings. The SMILES string of the molecule is O=C(N[C@H]1CCOC[C@@H]1O)c1cc(Cc2ccccc2)c2c(n1)CCCC2. The number of hydrogen-bond donors (Lipinski definition) is 2. The fourth-order valence-electron chi connectivity index (χ4n) is 4.01. The molecular weight excluding hydrogens is 340 g/mol. The molecule has 2 aliphatic rings. The largest absolute Gasteiger partial charge is 0.389 e. The molecule has 0 unspecified atom stereocenters. The van der Waals surface area contributed by atoms with Crippen molar-refractivity contribution in [3.8, 4) is 0 Å². The second kappa shape index (κ2) is 8.19. The summed E-state index contributed by atoms with van der Waals surface area (Å²) in [6.07, 6.45) is 5.03. The Labute approximate surface area is 159 Å². The summed E-state index contributed by atoms with van der Waals surface area (Å²) in [7, 11) is 0. The van der Waals surface area contributed by atoms with Gasteiger partial charge in [0.1, 0.15) is 5.69 Å². The molecule has 1 saturated heterocycles. The number of hydrogen-bond acceptors (Lipinski definition) is 4. The van der Waals surface area contributed by atoms with Crippen molar-refractivity contribution >= 4 is 5.91 Å². The van der Waals surface area contributed by atoms with E-state index < -0.39 is 6.10 Å². The number of ether oxygens (including phenoxy) is 1. The van der Waals surface area contributed by atoms with E-state index in [2.05, 4.69) is 22.4 Å². The van der Waals surface area contributed by atoms with Crippen LogP contribution in [0.5, 0.6) is 0 Å². The molecule has 0 spiro atoms. The van der Waals surface area contributed by atoms with E-state index in [4.69, 9.17) is 4.74 Å². The molecule has 142 valence electrons. The van der Waals surface area contributed by atoms with Crippen LogP contribution in [0.2, 0.25) is 0 Å². The number of benzene rings is 1. The number of amides is 1. The Balaban J connectivity index is 1.60. The minimum absolute atomic E-state index is 0.205. The summed E-state index contributed by atoms with van der Waals surface area (Å²) in [6, 6.07) is 12.0. The number of carbonyl (C=O) groups excluding carboxylic acids is 1. The maximum absolute atomic E-state index is 12.8. The van der Waals surface area contributed by atoms with Crippen molar-refractivity contribution in [2.75, 3.05) is 13.2 Å². The second-order valence-corrected chi connectivity index (χ2v) is 7.47. The van der Waals surface area contributed by atoms with Gasteiger partial charge < -0.3 is 15.2 Å². The molecule has 5 nitrogen and oxygen atoms in total. The molecule has 0 bridgehead atoms. The topological polar surface area (TPSA) is 71.5 Å². The lowest BCUT2D eigenvalue weighted by Crippen LogP contribution is -2.48. The normalized spacial score (nSPS) is 22.1. The number of aliphatic hydroxyl groups excluding tert-OH is 1. The monoisotopic (exact) mass is 366 g/mol. The number of fused-ring (bicyclic) bond motifs is 1. The zero-order chi connectivity index (χ0) is 18.6. The van der Waals surface area contributed by atoms with Crippen LogP contribution in [0.1, 0.15) is 52.1 Å². The first-order valence-electron chi connectivity index (χ1n) is 9.83. The van der Waals surface area contributed by atoms with Gasteiger partial charge in [0.2, 0.25) is 0 Å². The van der Waals surface area contributed by atoms with Gasteiger partial charge >= 0.3 is 0 Å². The van der Waals surface area contributed by atoms with Gasteiger partial charge in [-0.15, -0.1) is 0 Å². The summed E-state index contributed by atoms with van der Waals surface area (Å²) in [5, 5.41) is 13.0. The highest BCUT2D eigenvalue weighted by Crippen LogP contribution is 2.26. The molecule has 1 aromatic heterocycles. The van der Waals surface area contributed by atoms with Crippen molar-refractivity contribution in [1.82, 2.24) is 10.3 Å². The molecule has 1 amide bonds. The van der Waals surface area contributed by atoms with Crippen molar-refractivity contribution < 1.29 is 14.6 Å². The predicted octanol–water partition coefficient (Wildman–Crippen LogP) is 2.43. The number of pyridine rings is 1. The summed E-state index contributed by atoms with van der Waals surface area (Å²) in [5.74, 6) is -0.205. The van der Waals surface area contributed by atoms with Crippen LogP contribution in [0.15, 0.2) is 36.4 Å². The van der Waals surface area contributed by atoms with Crippen LogP contribution >= 0.6 is 0 Å². The van der Waals surface area contributed by atoms with Crippen molar-refractivity contribution in [2.45, 2.75) is 50.7 Å². The molecule has 5 heteroatoms. The quantitative estimate of drug-likeness (QED) is 0.872. The summed E-state index contributed by atoms with van der Waals surface area (Å²) in [5.41, 5.74) is 5.27. The van der Waals surface area contributed by atoms with E-state index in [0.717, 1.165) is 31.4 Å². The minimum Gasteiger partial charge on any atom is -0.389 e. The third kappa shape index (κ3) is 4.20. The average Bonchev–Trinajstić information content (AvgIpc) is 2.70. The van der Waals surface area contributed by atoms with Gasteiger partial charge in [-0.2, -0.15) is 0 Å². The average molecular weight is 366 g/mol. The predicted molar refractivity (Wildman–Crippen MR) is 103 cm³/mol. The number of nitrogens with zero attached hydrogens (tertiary/aromatic N) is 1. The molecule has 2 atom stereocenters. The number of aliphatic hydroxyl groups is 1. The zero-order valence-electron chi connectivity index (χ0n) is 15.5. The van der Waals surface area contributed by atoms with Crippen LogP contribution in [0.3, 0.4) is 0 Å². The van der Waals surface area contributed by atoms with Gasteiger partial charge in [-0.1, -0.05) is 30.3 Å². The second-order valence-electron chi connectivity index (χ2n) is 7.47. The van der Waals surface area contributed by atoms with Crippen LogP contribution in [-0.2, 0) is 24.0 Å². The molecule has 2 aromatic rings. The Morgan fingerprint density at radius 2 is 2.04 bits per heavy atom. The van der Waals surface area contributed by atoms with Crippen molar-refractivity contribution in [3.05, 3.63) is 64.5 Å². The highest BCUT2D eigenvalue weighted by atomic mass is 16.5. The molecule has 1 aliphatic carbocycles. The van der Waals surface area contributed by atoms with E-state index in [9.17, 15) is 9.90 Å². The lowest BCUT2D eigenvalue weighted by molar-refractivity contribution is -0.0261. The number of aromatic nitrogens is 1. The van der Waals surface area contributed by atoms with E-state index in [1.807, 2.05) is 24.3 Å². The molecule has 2 heterocycles. The molecule has 4 rings (SSSR count). The fourth-order valence-corrected chi connectivity index (χ4v) is 4.01. The lowest BCUT2D eigenvalue weighted by Gasteiger charge is -2.28. The summed E-state index contributed by atoms with van der Waals surface area (Å²) < 4.78 is 5.24. The maximum atomic E-state index is 12.8. The third-order valence-electron chi connectivity index (χ3n) is 5.51. The first-order chi connectivity index (χ1) is 13.2. The van der Waals surface area contributed by atoms with Gasteiger partial charge in [0, 0.05) is 12.3 Å². The van der Waals surface area contributed by atoms with Gasteiger partial charge in [-0.25, -0.2) is 4.98 Å². The highest BCUT2D eigenvalue weighted by molar-refractivity contribution is 5.93. The Bertz CT molecular complexity index is 807. The first kappa shape index (κ1) is 18.1. The van der Waals surface area contributed by atoms with E-state index in [0.29, 0.717) is 18.7 Å². The van der Waals surface area contributed by atoms with Crippen molar-refractivity contribution in [1.29, 1.82) is 0 Å². The number of aryl methyl sites for hydroxylation is 1. The molecule has 1 aliphatic heterocycles. The van der Waals surface area contributed by atoms with E-state index in [-0.39, 0.29) is 18.6 Å². The molecule has 0 radical (unpaired) electrons. The summed E-state index contributed by atoms with van der Waals surface area (Å²) in [4.78, 5) is 17.5. The van der Waals surface area contributed by atoms with Gasteiger partial charge in [-0.05, 0) is 61.3 Å². The number of carbonyl (C=O) groups is 1. The maximum Gasteiger partial charge on any atom is 0.270 e. The van der Waals surface area contributed by atoms with Crippen LogP contribution in [0, 0.1) is 0 Å². The van der Waals surface area contributed by atoms with Crippen LogP contribution in [-0.4, -0.2) is 41.4 Å². The molecular formula is C22H26N2O3. The molecule has 0 saturated carbocycles. The molecule has 27 heavy (non-hydrogen) atoms. The van der Waals surface area contributed by atoms with Crippen LogP contribution in [0.25, 0.3) is 0 Å². The van der Waals surface area contributed by atoms with E-state index in [1.165, 1.54) is 23.1 Å². The van der Waals surface area contributed by atoms with Crippen LogP contribution < -0.4 is 5.32 Å². The van der Waals surface area contributed by atoms with E-state index >= 15 is 0 Å². The smallest absolute Gasteiger partial charge is 0.270 e.